The highest BCUT2D eigenvalue weighted by Gasteiger charge is 2.26. The fraction of sp³-hybridized carbons (Fsp3) is 0.467. The van der Waals surface area contributed by atoms with Gasteiger partial charge in [0.1, 0.15) is 5.75 Å². The predicted molar refractivity (Wildman–Crippen MR) is 81.7 cm³/mol. The summed E-state index contributed by atoms with van der Waals surface area (Å²) in [4.78, 5) is 27.8. The van der Waals surface area contributed by atoms with E-state index < -0.39 is 11.8 Å². The number of aliphatic hydroxyl groups is 1. The van der Waals surface area contributed by atoms with Crippen LogP contribution in [-0.2, 0) is 9.59 Å². The van der Waals surface area contributed by atoms with Crippen molar-refractivity contribution < 1.29 is 19.4 Å². The van der Waals surface area contributed by atoms with Crippen LogP contribution in [0.1, 0.15) is 0 Å². The van der Waals surface area contributed by atoms with Gasteiger partial charge in [0.05, 0.1) is 19.4 Å². The van der Waals surface area contributed by atoms with Gasteiger partial charge >= 0.3 is 11.8 Å². The molecule has 120 valence electrons. The van der Waals surface area contributed by atoms with E-state index in [4.69, 9.17) is 9.84 Å². The third kappa shape index (κ3) is 3.96. The molecule has 1 aliphatic heterocycles. The lowest BCUT2D eigenvalue weighted by atomic mass is 10.2. The van der Waals surface area contributed by atoms with Gasteiger partial charge in [0.25, 0.3) is 0 Å². The average Bonchev–Trinajstić information content (AvgIpc) is 2.55. The normalized spacial score (nSPS) is 15.5. The summed E-state index contributed by atoms with van der Waals surface area (Å²) in [5.74, 6) is -0.703. The minimum atomic E-state index is -0.667. The second-order valence-corrected chi connectivity index (χ2v) is 5.01. The van der Waals surface area contributed by atoms with Gasteiger partial charge in [0.15, 0.2) is 0 Å². The van der Waals surface area contributed by atoms with Gasteiger partial charge in [0, 0.05) is 32.7 Å². The van der Waals surface area contributed by atoms with Crippen molar-refractivity contribution in [1.29, 1.82) is 0 Å². The molecule has 2 amide bonds. The Bertz CT molecular complexity index is 527. The molecule has 1 heterocycles. The zero-order valence-electron chi connectivity index (χ0n) is 12.6. The Morgan fingerprint density at radius 3 is 2.55 bits per heavy atom. The van der Waals surface area contributed by atoms with Crippen molar-refractivity contribution in [2.75, 3.05) is 51.8 Å². The Kier molecular flexibility index (Phi) is 5.74. The van der Waals surface area contributed by atoms with Gasteiger partial charge in [0.2, 0.25) is 0 Å². The summed E-state index contributed by atoms with van der Waals surface area (Å²) in [6, 6.07) is 6.95. The number of rotatable bonds is 4. The van der Waals surface area contributed by atoms with Gasteiger partial charge in [-0.2, -0.15) is 0 Å². The molecule has 7 heteroatoms. The van der Waals surface area contributed by atoms with Gasteiger partial charge in [-0.3, -0.25) is 14.5 Å². The van der Waals surface area contributed by atoms with Gasteiger partial charge in [-0.05, 0) is 12.1 Å². The summed E-state index contributed by atoms with van der Waals surface area (Å²) in [6.07, 6.45) is 0. The summed E-state index contributed by atoms with van der Waals surface area (Å²) in [5, 5.41) is 11.5. The minimum absolute atomic E-state index is 0.0994. The number of hydrogen-bond acceptors (Lipinski definition) is 5. The molecule has 2 rings (SSSR count). The minimum Gasteiger partial charge on any atom is -0.495 e. The topological polar surface area (TPSA) is 82.1 Å². The fourth-order valence-electron chi connectivity index (χ4n) is 2.38. The molecule has 0 unspecified atom stereocenters. The quantitative estimate of drug-likeness (QED) is 0.751. The van der Waals surface area contributed by atoms with Crippen LogP contribution in [0.2, 0.25) is 0 Å². The molecule has 0 atom stereocenters. The molecule has 1 fully saturated rings. The average molecular weight is 307 g/mol. The lowest BCUT2D eigenvalue weighted by molar-refractivity contribution is -0.144. The number of carbonyl (C=O) groups excluding carboxylic acids is 2. The summed E-state index contributed by atoms with van der Waals surface area (Å²) in [6.45, 7) is 2.98. The van der Waals surface area contributed by atoms with E-state index >= 15 is 0 Å². The number of ether oxygens (including phenoxy) is 1. The van der Waals surface area contributed by atoms with Crippen molar-refractivity contribution in [3.63, 3.8) is 0 Å². The van der Waals surface area contributed by atoms with Crippen LogP contribution < -0.4 is 10.1 Å². The molecule has 2 N–H and O–H groups in total. The van der Waals surface area contributed by atoms with Crippen LogP contribution in [0.4, 0.5) is 5.69 Å². The maximum absolute atomic E-state index is 12.2. The first-order valence-corrected chi connectivity index (χ1v) is 7.22. The second-order valence-electron chi connectivity index (χ2n) is 5.01. The molecule has 1 aromatic carbocycles. The largest absolute Gasteiger partial charge is 0.495 e. The number of amides is 2. The second kappa shape index (κ2) is 7.77. The third-order valence-electron chi connectivity index (χ3n) is 3.63. The summed E-state index contributed by atoms with van der Waals surface area (Å²) in [7, 11) is 1.51. The number of β-amino-alcohol motifs (C(OH)–C–C–N with tert-alkyl or cyclic N) is 1. The van der Waals surface area contributed by atoms with E-state index in [-0.39, 0.29) is 6.61 Å². The standard InChI is InChI=1S/C15H21N3O4/c1-22-13-5-3-2-4-12(13)16-14(20)15(21)18-8-6-17(7-9-18)10-11-19/h2-5,19H,6-11H2,1H3,(H,16,20). The van der Waals surface area contributed by atoms with Crippen molar-refractivity contribution in [2.45, 2.75) is 0 Å². The molecule has 1 aromatic rings. The van der Waals surface area contributed by atoms with Gasteiger partial charge in [-0.25, -0.2) is 0 Å². The molecule has 0 bridgehead atoms. The van der Waals surface area contributed by atoms with Crippen molar-refractivity contribution in [1.82, 2.24) is 9.80 Å². The number of nitrogens with zero attached hydrogens (tertiary/aromatic N) is 2. The van der Waals surface area contributed by atoms with Crippen LogP contribution in [0.5, 0.6) is 5.75 Å². The molecule has 0 aliphatic carbocycles. The zero-order chi connectivity index (χ0) is 15.9. The van der Waals surface area contributed by atoms with Crippen LogP contribution >= 0.6 is 0 Å². The lowest BCUT2D eigenvalue weighted by Crippen LogP contribution is -2.52. The number of benzene rings is 1. The highest BCUT2D eigenvalue weighted by molar-refractivity contribution is 6.39. The van der Waals surface area contributed by atoms with Gasteiger partial charge in [-0.15, -0.1) is 0 Å². The molecule has 0 aromatic heterocycles. The van der Waals surface area contributed by atoms with E-state index in [1.54, 1.807) is 24.3 Å². The number of hydrogen-bond donors (Lipinski definition) is 2. The van der Waals surface area contributed by atoms with E-state index in [0.29, 0.717) is 44.2 Å². The maximum Gasteiger partial charge on any atom is 0.314 e. The number of nitrogens with one attached hydrogen (secondary N) is 1. The van der Waals surface area contributed by atoms with E-state index in [1.807, 2.05) is 0 Å². The van der Waals surface area contributed by atoms with Crippen LogP contribution in [0.3, 0.4) is 0 Å². The van der Waals surface area contributed by atoms with Crippen LogP contribution in [0.15, 0.2) is 24.3 Å². The molecule has 0 saturated carbocycles. The Hall–Kier alpha value is -2.12. The number of methoxy groups -OCH3 is 1. The SMILES string of the molecule is COc1ccccc1NC(=O)C(=O)N1CCN(CCO)CC1. The van der Waals surface area contributed by atoms with Crippen LogP contribution in [-0.4, -0.2) is 73.2 Å². The number of anilines is 1. The van der Waals surface area contributed by atoms with E-state index in [9.17, 15) is 9.59 Å². The van der Waals surface area contributed by atoms with E-state index in [0.717, 1.165) is 0 Å². The number of piperazine rings is 1. The Morgan fingerprint density at radius 2 is 1.91 bits per heavy atom. The number of aliphatic hydroxyl groups excluding tert-OH is 1. The van der Waals surface area contributed by atoms with Crippen molar-refractivity contribution in [3.05, 3.63) is 24.3 Å². The fourth-order valence-corrected chi connectivity index (χ4v) is 2.38. The van der Waals surface area contributed by atoms with Crippen molar-refractivity contribution in [3.8, 4) is 5.75 Å². The molecule has 1 saturated heterocycles. The monoisotopic (exact) mass is 307 g/mol. The maximum atomic E-state index is 12.2. The highest BCUT2D eigenvalue weighted by atomic mass is 16.5. The van der Waals surface area contributed by atoms with Crippen molar-refractivity contribution in [2.24, 2.45) is 0 Å². The lowest BCUT2D eigenvalue weighted by Gasteiger charge is -2.33. The summed E-state index contributed by atoms with van der Waals surface area (Å²) >= 11 is 0. The molecule has 7 nitrogen and oxygen atoms in total. The number of carbonyl (C=O) groups is 2. The van der Waals surface area contributed by atoms with Crippen LogP contribution in [0, 0.1) is 0 Å². The molecular formula is C15H21N3O4. The molecule has 0 radical (unpaired) electrons. The number of para-hydroxylation sites is 2. The predicted octanol–water partition coefficient (Wildman–Crippen LogP) is -0.230. The van der Waals surface area contributed by atoms with E-state index in [2.05, 4.69) is 10.2 Å². The zero-order valence-corrected chi connectivity index (χ0v) is 12.6. The summed E-state index contributed by atoms with van der Waals surface area (Å²) < 4.78 is 5.14. The Morgan fingerprint density at radius 1 is 1.23 bits per heavy atom. The third-order valence-corrected chi connectivity index (χ3v) is 3.63. The van der Waals surface area contributed by atoms with Gasteiger partial charge in [-0.1, -0.05) is 12.1 Å². The van der Waals surface area contributed by atoms with E-state index in [1.165, 1.54) is 12.0 Å². The molecule has 0 spiro atoms. The smallest absolute Gasteiger partial charge is 0.314 e. The highest BCUT2D eigenvalue weighted by Crippen LogP contribution is 2.22. The molecular weight excluding hydrogens is 286 g/mol. The first-order chi connectivity index (χ1) is 10.7. The van der Waals surface area contributed by atoms with Gasteiger partial charge < -0.3 is 20.1 Å². The summed E-state index contributed by atoms with van der Waals surface area (Å²) in [5.41, 5.74) is 0.474. The molecule has 1 aliphatic rings. The first-order valence-electron chi connectivity index (χ1n) is 7.22. The Balaban J connectivity index is 1.91. The Labute approximate surface area is 129 Å². The first kappa shape index (κ1) is 16.3. The van der Waals surface area contributed by atoms with Crippen molar-refractivity contribution >= 4 is 17.5 Å². The molecule has 22 heavy (non-hydrogen) atoms. The van der Waals surface area contributed by atoms with Crippen LogP contribution in [0.25, 0.3) is 0 Å².